The number of carbonyl (C=O) groups excluding carboxylic acids is 2. The highest BCUT2D eigenvalue weighted by Gasteiger charge is 2.18. The van der Waals surface area contributed by atoms with E-state index in [1.165, 1.54) is 30.3 Å². The largest absolute Gasteiger partial charge is 0.339 e. The molecule has 0 aliphatic carbocycles. The summed E-state index contributed by atoms with van der Waals surface area (Å²) in [5.74, 6) is -1.60. The SMILES string of the molecule is CCN(CC)C(=O)c1ccc(NC(=O)c2c(F)cccc2Cl)cc1Cl. The second-order valence-corrected chi connectivity index (χ2v) is 6.04. The van der Waals surface area contributed by atoms with E-state index in [9.17, 15) is 14.0 Å². The third-order valence-electron chi connectivity index (χ3n) is 3.70. The predicted octanol–water partition coefficient (Wildman–Crippen LogP) is 4.87. The van der Waals surface area contributed by atoms with Crippen molar-refractivity contribution < 1.29 is 14.0 Å². The minimum Gasteiger partial charge on any atom is -0.339 e. The van der Waals surface area contributed by atoms with Crippen molar-refractivity contribution in [2.24, 2.45) is 0 Å². The molecule has 0 saturated carbocycles. The molecule has 0 bridgehead atoms. The van der Waals surface area contributed by atoms with Crippen LogP contribution in [0, 0.1) is 5.82 Å². The van der Waals surface area contributed by atoms with Crippen LogP contribution in [0.25, 0.3) is 0 Å². The molecule has 7 heteroatoms. The average molecular weight is 383 g/mol. The number of anilines is 1. The third-order valence-corrected chi connectivity index (χ3v) is 4.33. The summed E-state index contributed by atoms with van der Waals surface area (Å²) < 4.78 is 13.8. The number of hydrogen-bond donors (Lipinski definition) is 1. The molecule has 0 atom stereocenters. The second-order valence-electron chi connectivity index (χ2n) is 5.22. The molecule has 0 aliphatic rings. The van der Waals surface area contributed by atoms with Crippen LogP contribution < -0.4 is 5.32 Å². The number of carbonyl (C=O) groups is 2. The number of hydrogen-bond acceptors (Lipinski definition) is 2. The normalized spacial score (nSPS) is 10.4. The van der Waals surface area contributed by atoms with E-state index < -0.39 is 11.7 Å². The number of amides is 2. The summed E-state index contributed by atoms with van der Waals surface area (Å²) in [6, 6.07) is 8.51. The van der Waals surface area contributed by atoms with Gasteiger partial charge in [0.05, 0.1) is 21.2 Å². The predicted molar refractivity (Wildman–Crippen MR) is 98.1 cm³/mol. The van der Waals surface area contributed by atoms with Gasteiger partial charge < -0.3 is 10.2 Å². The van der Waals surface area contributed by atoms with Crippen LogP contribution in [-0.4, -0.2) is 29.8 Å². The summed E-state index contributed by atoms with van der Waals surface area (Å²) in [5.41, 5.74) is 0.432. The molecule has 25 heavy (non-hydrogen) atoms. The van der Waals surface area contributed by atoms with Gasteiger partial charge in [-0.1, -0.05) is 29.3 Å². The van der Waals surface area contributed by atoms with Crippen LogP contribution in [0.15, 0.2) is 36.4 Å². The molecule has 2 amide bonds. The van der Waals surface area contributed by atoms with Crippen molar-refractivity contribution in [3.63, 3.8) is 0 Å². The number of rotatable bonds is 5. The van der Waals surface area contributed by atoms with Gasteiger partial charge in [-0.2, -0.15) is 0 Å². The van der Waals surface area contributed by atoms with Crippen LogP contribution in [0.1, 0.15) is 34.6 Å². The molecule has 0 unspecified atom stereocenters. The molecule has 0 aromatic heterocycles. The zero-order chi connectivity index (χ0) is 18.6. The van der Waals surface area contributed by atoms with Crippen molar-refractivity contribution >= 4 is 40.7 Å². The summed E-state index contributed by atoms with van der Waals surface area (Å²) in [5, 5.41) is 2.75. The van der Waals surface area contributed by atoms with Crippen molar-refractivity contribution in [1.29, 1.82) is 0 Å². The molecule has 4 nitrogen and oxygen atoms in total. The Bertz CT molecular complexity index is 787. The summed E-state index contributed by atoms with van der Waals surface area (Å²) in [7, 11) is 0. The molecule has 0 heterocycles. The van der Waals surface area contributed by atoms with Gasteiger partial charge in [0, 0.05) is 18.8 Å². The standard InChI is InChI=1S/C18H17Cl2FN2O2/c1-3-23(4-2)18(25)12-9-8-11(10-14(12)20)22-17(24)16-13(19)6-5-7-15(16)21/h5-10H,3-4H2,1-2H3,(H,22,24). The summed E-state index contributed by atoms with van der Waals surface area (Å²) in [4.78, 5) is 26.2. The minimum absolute atomic E-state index is 0.0110. The van der Waals surface area contributed by atoms with E-state index in [4.69, 9.17) is 23.2 Å². The summed E-state index contributed by atoms with van der Waals surface area (Å²) in [6.07, 6.45) is 0. The molecule has 0 fully saturated rings. The minimum atomic E-state index is -0.718. The quantitative estimate of drug-likeness (QED) is 0.801. The highest BCUT2D eigenvalue weighted by molar-refractivity contribution is 6.35. The fourth-order valence-corrected chi connectivity index (χ4v) is 2.87. The lowest BCUT2D eigenvalue weighted by atomic mass is 10.1. The van der Waals surface area contributed by atoms with E-state index in [1.54, 1.807) is 4.90 Å². The Morgan fingerprint density at radius 3 is 2.32 bits per heavy atom. The average Bonchev–Trinajstić information content (AvgIpc) is 2.55. The van der Waals surface area contributed by atoms with Gasteiger partial charge in [-0.25, -0.2) is 4.39 Å². The molecule has 0 aliphatic heterocycles. The Morgan fingerprint density at radius 2 is 1.76 bits per heavy atom. The maximum atomic E-state index is 13.8. The van der Waals surface area contributed by atoms with Gasteiger partial charge in [0.15, 0.2) is 0 Å². The van der Waals surface area contributed by atoms with Crippen molar-refractivity contribution in [3.05, 3.63) is 63.4 Å². The molecule has 2 rings (SSSR count). The molecule has 132 valence electrons. The zero-order valence-electron chi connectivity index (χ0n) is 13.8. The molecular formula is C18H17Cl2FN2O2. The highest BCUT2D eigenvalue weighted by atomic mass is 35.5. The van der Waals surface area contributed by atoms with E-state index in [2.05, 4.69) is 5.32 Å². The summed E-state index contributed by atoms with van der Waals surface area (Å²) in [6.45, 7) is 4.88. The number of nitrogens with one attached hydrogen (secondary N) is 1. The van der Waals surface area contributed by atoms with Crippen molar-refractivity contribution in [1.82, 2.24) is 4.90 Å². The van der Waals surface area contributed by atoms with Crippen LogP contribution in [-0.2, 0) is 0 Å². The lowest BCUT2D eigenvalue weighted by Crippen LogP contribution is -2.30. The van der Waals surface area contributed by atoms with Crippen molar-refractivity contribution in [3.8, 4) is 0 Å². The Labute approximate surface area is 155 Å². The number of nitrogens with zero attached hydrogens (tertiary/aromatic N) is 1. The van der Waals surface area contributed by atoms with Gasteiger partial charge in [-0.15, -0.1) is 0 Å². The Kier molecular flexibility index (Phi) is 6.39. The van der Waals surface area contributed by atoms with Crippen LogP contribution in [0.5, 0.6) is 0 Å². The first-order valence-electron chi connectivity index (χ1n) is 7.73. The second kappa shape index (κ2) is 8.32. The van der Waals surface area contributed by atoms with E-state index in [0.717, 1.165) is 6.07 Å². The molecular weight excluding hydrogens is 366 g/mol. The van der Waals surface area contributed by atoms with Crippen LogP contribution in [0.2, 0.25) is 10.0 Å². The van der Waals surface area contributed by atoms with Gasteiger partial charge in [0.2, 0.25) is 0 Å². The smallest absolute Gasteiger partial charge is 0.260 e. The number of halogens is 3. The molecule has 2 aromatic rings. The van der Waals surface area contributed by atoms with Gasteiger partial charge in [-0.3, -0.25) is 9.59 Å². The summed E-state index contributed by atoms with van der Waals surface area (Å²) >= 11 is 12.1. The lowest BCUT2D eigenvalue weighted by molar-refractivity contribution is 0.0773. The van der Waals surface area contributed by atoms with E-state index in [1.807, 2.05) is 13.8 Å². The maximum Gasteiger partial charge on any atom is 0.260 e. The van der Waals surface area contributed by atoms with Gasteiger partial charge in [0.25, 0.3) is 11.8 Å². The zero-order valence-corrected chi connectivity index (χ0v) is 15.3. The number of benzene rings is 2. The maximum absolute atomic E-state index is 13.8. The van der Waals surface area contributed by atoms with Gasteiger partial charge in [0.1, 0.15) is 5.82 Å². The first-order valence-corrected chi connectivity index (χ1v) is 8.48. The molecule has 0 saturated heterocycles. The fourth-order valence-electron chi connectivity index (χ4n) is 2.36. The Hall–Kier alpha value is -2.11. The highest BCUT2D eigenvalue weighted by Crippen LogP contribution is 2.25. The Balaban J connectivity index is 2.24. The van der Waals surface area contributed by atoms with E-state index in [0.29, 0.717) is 24.3 Å². The van der Waals surface area contributed by atoms with Crippen LogP contribution >= 0.6 is 23.2 Å². The topological polar surface area (TPSA) is 49.4 Å². The lowest BCUT2D eigenvalue weighted by Gasteiger charge is -2.19. The molecule has 1 N–H and O–H groups in total. The van der Waals surface area contributed by atoms with Gasteiger partial charge >= 0.3 is 0 Å². The van der Waals surface area contributed by atoms with Crippen molar-refractivity contribution in [2.45, 2.75) is 13.8 Å². The Morgan fingerprint density at radius 1 is 1.08 bits per heavy atom. The van der Waals surface area contributed by atoms with Crippen molar-refractivity contribution in [2.75, 3.05) is 18.4 Å². The first-order chi connectivity index (χ1) is 11.9. The van der Waals surface area contributed by atoms with E-state index in [-0.39, 0.29) is 21.5 Å². The third kappa shape index (κ3) is 4.30. The molecule has 0 spiro atoms. The van der Waals surface area contributed by atoms with Crippen LogP contribution in [0.3, 0.4) is 0 Å². The van der Waals surface area contributed by atoms with E-state index >= 15 is 0 Å². The molecule has 0 radical (unpaired) electrons. The first kappa shape index (κ1) is 19.2. The van der Waals surface area contributed by atoms with Gasteiger partial charge in [-0.05, 0) is 44.2 Å². The fraction of sp³-hybridized carbons (Fsp3) is 0.222. The molecule has 2 aromatic carbocycles. The monoisotopic (exact) mass is 382 g/mol. The van der Waals surface area contributed by atoms with Crippen LogP contribution in [0.4, 0.5) is 10.1 Å².